The number of rotatable bonds is 1. The summed E-state index contributed by atoms with van der Waals surface area (Å²) >= 11 is 2.71. The summed E-state index contributed by atoms with van der Waals surface area (Å²) in [6.07, 6.45) is 0. The SMILES string of the molecule is CCO.O=C(O)CBr. The Morgan fingerprint density at radius 2 is 1.88 bits per heavy atom. The van der Waals surface area contributed by atoms with Crippen molar-refractivity contribution in [1.82, 2.24) is 0 Å². The van der Waals surface area contributed by atoms with Gasteiger partial charge < -0.3 is 10.2 Å². The number of hydrogen-bond acceptors (Lipinski definition) is 2. The summed E-state index contributed by atoms with van der Waals surface area (Å²) < 4.78 is 0. The number of halogens is 1. The van der Waals surface area contributed by atoms with Crippen molar-refractivity contribution in [3.05, 3.63) is 0 Å². The second kappa shape index (κ2) is 10.0. The van der Waals surface area contributed by atoms with Crippen molar-refractivity contribution in [1.29, 1.82) is 0 Å². The third-order valence-electron chi connectivity index (χ3n) is 0.114. The van der Waals surface area contributed by atoms with Crippen molar-refractivity contribution < 1.29 is 15.0 Å². The molecule has 0 spiro atoms. The molecule has 0 amide bonds. The van der Waals surface area contributed by atoms with E-state index in [0.29, 0.717) is 0 Å². The zero-order valence-electron chi connectivity index (χ0n) is 4.59. The number of aliphatic carboxylic acids is 1. The number of carbonyl (C=O) groups is 1. The largest absolute Gasteiger partial charge is 0.481 e. The van der Waals surface area contributed by atoms with E-state index in [0.717, 1.165) is 0 Å². The van der Waals surface area contributed by atoms with Gasteiger partial charge in [-0.05, 0) is 6.92 Å². The Labute approximate surface area is 56.5 Å². The molecule has 0 aromatic carbocycles. The van der Waals surface area contributed by atoms with E-state index in [2.05, 4.69) is 15.9 Å². The Morgan fingerprint density at radius 3 is 1.88 bits per heavy atom. The molecule has 0 saturated heterocycles. The highest BCUT2D eigenvalue weighted by atomic mass is 79.9. The number of carboxylic acids is 1. The molecule has 0 aliphatic heterocycles. The van der Waals surface area contributed by atoms with Crippen LogP contribution in [0.15, 0.2) is 0 Å². The summed E-state index contributed by atoms with van der Waals surface area (Å²) in [5.41, 5.74) is 0. The van der Waals surface area contributed by atoms with Crippen LogP contribution in [0.25, 0.3) is 0 Å². The first-order valence-electron chi connectivity index (χ1n) is 2.07. The zero-order valence-corrected chi connectivity index (χ0v) is 6.18. The quantitative estimate of drug-likeness (QED) is 0.583. The van der Waals surface area contributed by atoms with Crippen molar-refractivity contribution in [2.45, 2.75) is 6.92 Å². The van der Waals surface area contributed by atoms with E-state index in [1.807, 2.05) is 0 Å². The Balaban J connectivity index is 0. The van der Waals surface area contributed by atoms with Crippen molar-refractivity contribution >= 4 is 21.9 Å². The van der Waals surface area contributed by atoms with Crippen LogP contribution in [-0.2, 0) is 4.79 Å². The smallest absolute Gasteiger partial charge is 0.314 e. The Hall–Kier alpha value is -0.0900. The topological polar surface area (TPSA) is 57.5 Å². The second-order valence-electron chi connectivity index (χ2n) is 0.844. The fourth-order valence-corrected chi connectivity index (χ4v) is 0. The Morgan fingerprint density at radius 1 is 1.75 bits per heavy atom. The molecule has 0 unspecified atom stereocenters. The van der Waals surface area contributed by atoms with Crippen LogP contribution in [-0.4, -0.2) is 28.1 Å². The number of alkyl halides is 1. The second-order valence-corrected chi connectivity index (χ2v) is 1.40. The first-order chi connectivity index (χ1) is 3.68. The van der Waals surface area contributed by atoms with Crippen molar-refractivity contribution in [3.63, 3.8) is 0 Å². The van der Waals surface area contributed by atoms with E-state index < -0.39 is 5.97 Å². The highest BCUT2D eigenvalue weighted by Crippen LogP contribution is 1.73. The van der Waals surface area contributed by atoms with Gasteiger partial charge in [0.2, 0.25) is 0 Å². The third-order valence-corrected chi connectivity index (χ3v) is 0.594. The van der Waals surface area contributed by atoms with Gasteiger partial charge in [0, 0.05) is 6.61 Å². The van der Waals surface area contributed by atoms with Crippen LogP contribution < -0.4 is 0 Å². The van der Waals surface area contributed by atoms with Crippen LogP contribution >= 0.6 is 15.9 Å². The average Bonchev–Trinajstić information content (AvgIpc) is 1.69. The minimum absolute atomic E-state index is 0.0347. The van der Waals surface area contributed by atoms with Crippen molar-refractivity contribution in [2.24, 2.45) is 0 Å². The molecule has 0 bridgehead atoms. The lowest BCUT2D eigenvalue weighted by Crippen LogP contribution is -1.92. The molecule has 0 aromatic heterocycles. The van der Waals surface area contributed by atoms with Gasteiger partial charge in [0.05, 0.1) is 0 Å². The van der Waals surface area contributed by atoms with Gasteiger partial charge in [-0.15, -0.1) is 0 Å². The molecule has 0 rings (SSSR count). The standard InChI is InChI=1S/C2H3BrO2.C2H6O/c3-1-2(4)5;1-2-3/h1H2,(H,4,5);3H,2H2,1H3. The third kappa shape index (κ3) is 39.1. The minimum Gasteiger partial charge on any atom is -0.481 e. The molecule has 0 aliphatic carbocycles. The van der Waals surface area contributed by atoms with Crippen LogP contribution in [0.5, 0.6) is 0 Å². The van der Waals surface area contributed by atoms with Gasteiger partial charge in [-0.3, -0.25) is 4.79 Å². The zero-order chi connectivity index (χ0) is 6.99. The maximum atomic E-state index is 9.32. The molecule has 0 saturated carbocycles. The molecule has 0 radical (unpaired) electrons. The van der Waals surface area contributed by atoms with Crippen LogP contribution in [0.4, 0.5) is 0 Å². The Bertz CT molecular complexity index is 55.2. The van der Waals surface area contributed by atoms with Crippen LogP contribution in [0.1, 0.15) is 6.92 Å². The van der Waals surface area contributed by atoms with Gasteiger partial charge in [-0.2, -0.15) is 0 Å². The molecule has 8 heavy (non-hydrogen) atoms. The lowest BCUT2D eigenvalue weighted by atomic mass is 10.8. The molecular formula is C4H9BrO3. The van der Waals surface area contributed by atoms with Crippen molar-refractivity contribution in [3.8, 4) is 0 Å². The van der Waals surface area contributed by atoms with E-state index in [9.17, 15) is 4.79 Å². The number of carboxylic acid groups (broad SMARTS) is 1. The van der Waals surface area contributed by atoms with Gasteiger partial charge in [-0.25, -0.2) is 0 Å². The molecular weight excluding hydrogens is 176 g/mol. The minimum atomic E-state index is -0.829. The van der Waals surface area contributed by atoms with E-state index in [1.165, 1.54) is 0 Å². The van der Waals surface area contributed by atoms with E-state index in [-0.39, 0.29) is 11.9 Å². The van der Waals surface area contributed by atoms with Crippen LogP contribution in [0, 0.1) is 0 Å². The fourth-order valence-electron chi connectivity index (χ4n) is 0. The highest BCUT2D eigenvalue weighted by molar-refractivity contribution is 9.09. The van der Waals surface area contributed by atoms with Crippen LogP contribution in [0.2, 0.25) is 0 Å². The Kier molecular flexibility index (Phi) is 13.5. The van der Waals surface area contributed by atoms with Gasteiger partial charge in [-0.1, -0.05) is 15.9 Å². The predicted octanol–water partition coefficient (Wildman–Crippen LogP) is 0.464. The monoisotopic (exact) mass is 184 g/mol. The molecule has 2 N–H and O–H groups in total. The summed E-state index contributed by atoms with van der Waals surface area (Å²) in [6.45, 7) is 1.93. The number of aliphatic hydroxyl groups is 1. The normalized spacial score (nSPS) is 6.88. The molecule has 0 aliphatic rings. The average molecular weight is 185 g/mol. The van der Waals surface area contributed by atoms with E-state index in [1.54, 1.807) is 6.92 Å². The van der Waals surface area contributed by atoms with Crippen molar-refractivity contribution in [2.75, 3.05) is 11.9 Å². The lowest BCUT2D eigenvalue weighted by molar-refractivity contribution is -0.133. The van der Waals surface area contributed by atoms with Gasteiger partial charge in [0.1, 0.15) is 5.33 Å². The van der Waals surface area contributed by atoms with Gasteiger partial charge in [0.25, 0.3) is 0 Å². The lowest BCUT2D eigenvalue weighted by Gasteiger charge is -1.70. The molecule has 0 heterocycles. The maximum Gasteiger partial charge on any atom is 0.314 e. The summed E-state index contributed by atoms with van der Waals surface area (Å²) in [5, 5.41) is 15.3. The number of aliphatic hydroxyl groups excluding tert-OH is 1. The molecule has 3 nitrogen and oxygen atoms in total. The summed E-state index contributed by atoms with van der Waals surface area (Å²) in [7, 11) is 0. The van der Waals surface area contributed by atoms with Crippen LogP contribution in [0.3, 0.4) is 0 Å². The van der Waals surface area contributed by atoms with Gasteiger partial charge >= 0.3 is 5.97 Å². The maximum absolute atomic E-state index is 9.32. The number of hydrogen-bond donors (Lipinski definition) is 2. The molecule has 0 atom stereocenters. The molecule has 4 heteroatoms. The summed E-state index contributed by atoms with van der Waals surface area (Å²) in [5.74, 6) is -0.829. The van der Waals surface area contributed by atoms with Gasteiger partial charge in [0.15, 0.2) is 0 Å². The molecule has 0 aromatic rings. The highest BCUT2D eigenvalue weighted by Gasteiger charge is 1.83. The molecule has 50 valence electrons. The molecule has 0 fully saturated rings. The predicted molar refractivity (Wildman–Crippen MR) is 34.2 cm³/mol. The summed E-state index contributed by atoms with van der Waals surface area (Å²) in [4.78, 5) is 9.32. The fraction of sp³-hybridized carbons (Fsp3) is 0.750. The van der Waals surface area contributed by atoms with E-state index in [4.69, 9.17) is 10.2 Å². The first-order valence-corrected chi connectivity index (χ1v) is 3.19. The van der Waals surface area contributed by atoms with E-state index >= 15 is 0 Å². The first kappa shape index (κ1) is 10.8. The summed E-state index contributed by atoms with van der Waals surface area (Å²) in [6, 6.07) is 0.